The lowest BCUT2D eigenvalue weighted by molar-refractivity contribution is 0.225. The van der Waals surface area contributed by atoms with Crippen LogP contribution >= 0.6 is 0 Å². The summed E-state index contributed by atoms with van der Waals surface area (Å²) in [5.41, 5.74) is 5.14. The topological polar surface area (TPSA) is 43.2 Å². The van der Waals surface area contributed by atoms with Gasteiger partial charge >= 0.3 is 0 Å². The number of piperidine rings is 1. The van der Waals surface area contributed by atoms with Crippen molar-refractivity contribution in [2.75, 3.05) is 19.7 Å². The van der Waals surface area contributed by atoms with E-state index in [2.05, 4.69) is 39.7 Å². The lowest BCUT2D eigenvalue weighted by Crippen LogP contribution is -2.26. The largest absolute Gasteiger partial charge is 0.493 e. The van der Waals surface area contributed by atoms with Crippen molar-refractivity contribution in [3.05, 3.63) is 53.6 Å². The molecule has 1 aliphatic heterocycles. The molecule has 0 radical (unpaired) electrons. The summed E-state index contributed by atoms with van der Waals surface area (Å²) < 4.78 is 8.54. The number of pyridine rings is 1. The van der Waals surface area contributed by atoms with Crippen LogP contribution < -0.4 is 4.74 Å². The van der Waals surface area contributed by atoms with Gasteiger partial charge in [-0.05, 0) is 60.8 Å². The van der Waals surface area contributed by atoms with Crippen molar-refractivity contribution in [2.45, 2.75) is 32.2 Å². The maximum atomic E-state index is 6.34. The summed E-state index contributed by atoms with van der Waals surface area (Å²) >= 11 is 0. The Balaban J connectivity index is 1.06. The van der Waals surface area contributed by atoms with Gasteiger partial charge in [0.2, 0.25) is 0 Å². The second-order valence-corrected chi connectivity index (χ2v) is 9.05. The summed E-state index contributed by atoms with van der Waals surface area (Å²) in [6.45, 7) is 4.16. The van der Waals surface area contributed by atoms with Crippen molar-refractivity contribution >= 4 is 11.0 Å². The molecule has 1 saturated heterocycles. The highest BCUT2D eigenvalue weighted by atomic mass is 16.5. The fourth-order valence-corrected chi connectivity index (χ4v) is 5.62. The molecule has 0 amide bonds. The van der Waals surface area contributed by atoms with Crippen molar-refractivity contribution in [3.63, 3.8) is 0 Å². The van der Waals surface area contributed by atoms with E-state index in [-0.39, 0.29) is 0 Å². The number of benzene rings is 1. The van der Waals surface area contributed by atoms with Gasteiger partial charge in [-0.25, -0.2) is 4.98 Å². The Kier molecular flexibility index (Phi) is 4.12. The van der Waals surface area contributed by atoms with Crippen molar-refractivity contribution < 1.29 is 4.74 Å². The van der Waals surface area contributed by atoms with Crippen LogP contribution in [0.15, 0.2) is 36.7 Å². The normalized spacial score (nSPS) is 25.8. The predicted molar refractivity (Wildman–Crippen MR) is 113 cm³/mol. The molecular weight excluding hydrogens is 360 g/mol. The van der Waals surface area contributed by atoms with Crippen LogP contribution in [0.3, 0.4) is 0 Å². The second-order valence-electron chi connectivity index (χ2n) is 9.05. The zero-order valence-corrected chi connectivity index (χ0v) is 17.1. The van der Waals surface area contributed by atoms with Crippen LogP contribution in [0, 0.1) is 17.8 Å². The number of aromatic nitrogens is 3. The fourth-order valence-electron chi connectivity index (χ4n) is 5.62. The van der Waals surface area contributed by atoms with Gasteiger partial charge in [0.05, 0.1) is 24.9 Å². The van der Waals surface area contributed by atoms with Crippen LogP contribution in [0.5, 0.6) is 5.75 Å². The van der Waals surface area contributed by atoms with E-state index in [0.717, 1.165) is 53.5 Å². The minimum absolute atomic E-state index is 0.732. The molecule has 1 aromatic carbocycles. The van der Waals surface area contributed by atoms with Gasteiger partial charge < -0.3 is 9.30 Å². The number of likely N-dealkylation sites (tertiary alicyclic amines) is 1. The summed E-state index contributed by atoms with van der Waals surface area (Å²) in [7, 11) is 2.11. The summed E-state index contributed by atoms with van der Waals surface area (Å²) in [4.78, 5) is 11.5. The monoisotopic (exact) mass is 388 g/mol. The predicted octanol–water partition coefficient (Wildman–Crippen LogP) is 3.60. The molecule has 3 aromatic rings. The third-order valence-corrected chi connectivity index (χ3v) is 7.37. The zero-order chi connectivity index (χ0) is 19.4. The number of aryl methyl sites for hydroxylation is 2. The van der Waals surface area contributed by atoms with E-state index in [1.807, 2.05) is 18.5 Å². The number of rotatable bonds is 5. The molecular formula is C24H28N4O. The Labute approximate surface area is 171 Å². The van der Waals surface area contributed by atoms with E-state index >= 15 is 0 Å². The molecule has 1 saturated carbocycles. The van der Waals surface area contributed by atoms with Crippen LogP contribution in [-0.2, 0) is 26.4 Å². The molecule has 2 fully saturated rings. The Morgan fingerprint density at radius 2 is 1.97 bits per heavy atom. The average Bonchev–Trinajstić information content (AvgIpc) is 3.06. The van der Waals surface area contributed by atoms with Crippen molar-refractivity contribution in [3.8, 4) is 5.75 Å². The highest BCUT2D eigenvalue weighted by Crippen LogP contribution is 2.52. The van der Waals surface area contributed by atoms with Gasteiger partial charge in [0.25, 0.3) is 0 Å². The molecule has 0 spiro atoms. The number of hydrogen-bond donors (Lipinski definition) is 0. The summed E-state index contributed by atoms with van der Waals surface area (Å²) in [6.07, 6.45) is 8.72. The molecule has 150 valence electrons. The van der Waals surface area contributed by atoms with E-state index in [1.165, 1.54) is 49.9 Å². The first-order valence-electron chi connectivity index (χ1n) is 11.0. The number of hydrogen-bond acceptors (Lipinski definition) is 4. The van der Waals surface area contributed by atoms with Gasteiger partial charge in [0, 0.05) is 32.3 Å². The second kappa shape index (κ2) is 6.84. The number of nitrogens with zero attached hydrogens (tertiary/aromatic N) is 4. The highest BCUT2D eigenvalue weighted by molar-refractivity contribution is 5.74. The summed E-state index contributed by atoms with van der Waals surface area (Å²) in [5.74, 6) is 4.61. The molecule has 6 rings (SSSR count). The molecule has 1 unspecified atom stereocenters. The Morgan fingerprint density at radius 3 is 2.83 bits per heavy atom. The smallest absolute Gasteiger partial charge is 0.123 e. The molecule has 3 atom stereocenters. The minimum Gasteiger partial charge on any atom is -0.493 e. The molecule has 2 aliphatic carbocycles. The van der Waals surface area contributed by atoms with E-state index in [0.29, 0.717) is 0 Å². The van der Waals surface area contributed by atoms with Gasteiger partial charge in [-0.3, -0.25) is 9.88 Å². The number of imidazole rings is 1. The fraction of sp³-hybridized carbons (Fsp3) is 0.500. The SMILES string of the molecule is Cn1c(CN2C[C@@H]3C(COc4cccc5c4CCCC5)[C@@H]3C2)nc2cnccc21. The Bertz CT molecular complexity index is 1050. The Hall–Kier alpha value is -2.40. The highest BCUT2D eigenvalue weighted by Gasteiger charge is 2.55. The first-order chi connectivity index (χ1) is 14.3. The van der Waals surface area contributed by atoms with Crippen molar-refractivity contribution in [1.29, 1.82) is 0 Å². The van der Waals surface area contributed by atoms with E-state index in [9.17, 15) is 0 Å². The van der Waals surface area contributed by atoms with Crippen LogP contribution in [-0.4, -0.2) is 39.1 Å². The number of fused-ring (bicyclic) bond motifs is 3. The lowest BCUT2D eigenvalue weighted by atomic mass is 9.91. The molecule has 5 nitrogen and oxygen atoms in total. The van der Waals surface area contributed by atoms with Gasteiger partial charge in [0.1, 0.15) is 17.1 Å². The minimum atomic E-state index is 0.732. The van der Waals surface area contributed by atoms with Gasteiger partial charge in [-0.1, -0.05) is 12.1 Å². The molecule has 0 bridgehead atoms. The van der Waals surface area contributed by atoms with Crippen LogP contribution in [0.4, 0.5) is 0 Å². The quantitative estimate of drug-likeness (QED) is 0.670. The maximum absolute atomic E-state index is 6.34. The molecule has 29 heavy (non-hydrogen) atoms. The van der Waals surface area contributed by atoms with E-state index in [4.69, 9.17) is 9.72 Å². The molecule has 3 heterocycles. The molecule has 5 heteroatoms. The zero-order valence-electron chi connectivity index (χ0n) is 17.1. The van der Waals surface area contributed by atoms with Gasteiger partial charge in [0.15, 0.2) is 0 Å². The van der Waals surface area contributed by atoms with Crippen LogP contribution in [0.1, 0.15) is 29.8 Å². The number of ether oxygens (including phenoxy) is 1. The van der Waals surface area contributed by atoms with E-state index < -0.39 is 0 Å². The Morgan fingerprint density at radius 1 is 1.10 bits per heavy atom. The molecule has 2 aromatic heterocycles. The standard InChI is InChI=1S/C24H28N4O/c1-27-22-9-10-25-11-21(22)26-24(27)14-28-12-18-19(13-28)20(18)15-29-23-8-4-6-16-5-2-3-7-17(16)23/h4,6,8-11,18-20H,2-3,5,7,12-15H2,1H3/t18-,19+,20?. The molecule has 0 N–H and O–H groups in total. The third kappa shape index (κ3) is 3.03. The first-order valence-corrected chi connectivity index (χ1v) is 11.0. The van der Waals surface area contributed by atoms with Crippen molar-refractivity contribution in [2.24, 2.45) is 24.8 Å². The molecule has 3 aliphatic rings. The van der Waals surface area contributed by atoms with Gasteiger partial charge in [-0.2, -0.15) is 0 Å². The maximum Gasteiger partial charge on any atom is 0.123 e. The van der Waals surface area contributed by atoms with Crippen LogP contribution in [0.2, 0.25) is 0 Å². The van der Waals surface area contributed by atoms with E-state index in [1.54, 1.807) is 0 Å². The summed E-state index contributed by atoms with van der Waals surface area (Å²) in [6, 6.07) is 8.67. The van der Waals surface area contributed by atoms with Gasteiger partial charge in [-0.15, -0.1) is 0 Å². The summed E-state index contributed by atoms with van der Waals surface area (Å²) in [5, 5.41) is 0. The third-order valence-electron chi connectivity index (χ3n) is 7.37. The van der Waals surface area contributed by atoms with Crippen molar-refractivity contribution in [1.82, 2.24) is 19.4 Å². The average molecular weight is 389 g/mol. The van der Waals surface area contributed by atoms with Crippen LogP contribution in [0.25, 0.3) is 11.0 Å². The first kappa shape index (κ1) is 17.5. The lowest BCUT2D eigenvalue weighted by Gasteiger charge is -2.21.